The predicted molar refractivity (Wildman–Crippen MR) is 68.9 cm³/mol. The van der Waals surface area contributed by atoms with Crippen LogP contribution in [0.3, 0.4) is 0 Å². The monoisotopic (exact) mass is 248 g/mol. The van der Waals surface area contributed by atoms with E-state index < -0.39 is 10.8 Å². The molecule has 0 rings (SSSR count). The van der Waals surface area contributed by atoms with Crippen LogP contribution in [0.15, 0.2) is 0 Å². The van der Waals surface area contributed by atoms with E-state index in [2.05, 4.69) is 31.4 Å². The average molecular weight is 248 g/mol. The minimum absolute atomic E-state index is 0.00838. The fraction of sp³-hybridized carbons (Fsp3) is 0.909. The quantitative estimate of drug-likeness (QED) is 0.725. The molecule has 0 aromatic rings. The fourth-order valence-electron chi connectivity index (χ4n) is 1.01. The lowest BCUT2D eigenvalue weighted by Gasteiger charge is -2.20. The highest BCUT2D eigenvalue weighted by atomic mass is 32.2. The van der Waals surface area contributed by atoms with Crippen LogP contribution in [0.4, 0.5) is 0 Å². The summed E-state index contributed by atoms with van der Waals surface area (Å²) in [5.41, 5.74) is 0.0402. The highest BCUT2D eigenvalue weighted by Crippen LogP contribution is 1.98. The molecule has 0 fully saturated rings. The van der Waals surface area contributed by atoms with E-state index in [1.165, 1.54) is 0 Å². The number of nitrogens with one attached hydrogen (secondary N) is 2. The SMILES string of the molecule is CC(CNC(=O)CCNC(C)(C)C)S(C)=O. The second-order valence-electron chi connectivity index (χ2n) is 5.04. The lowest BCUT2D eigenvalue weighted by molar-refractivity contribution is -0.121. The Morgan fingerprint density at radius 3 is 2.38 bits per heavy atom. The Balaban J connectivity index is 3.64. The number of carbonyl (C=O) groups is 1. The van der Waals surface area contributed by atoms with E-state index in [4.69, 9.17) is 0 Å². The number of carbonyl (C=O) groups excluding carboxylic acids is 1. The summed E-state index contributed by atoms with van der Waals surface area (Å²) in [5, 5.41) is 6.03. The summed E-state index contributed by atoms with van der Waals surface area (Å²) in [6.07, 6.45) is 2.11. The van der Waals surface area contributed by atoms with Gasteiger partial charge in [-0.25, -0.2) is 0 Å². The maximum absolute atomic E-state index is 11.4. The van der Waals surface area contributed by atoms with Gasteiger partial charge in [0.15, 0.2) is 0 Å². The van der Waals surface area contributed by atoms with Gasteiger partial charge in [0.1, 0.15) is 0 Å². The number of hydrogen-bond acceptors (Lipinski definition) is 3. The molecule has 96 valence electrons. The molecule has 0 aliphatic rings. The number of rotatable bonds is 6. The zero-order valence-corrected chi connectivity index (χ0v) is 11.7. The zero-order valence-electron chi connectivity index (χ0n) is 10.9. The van der Waals surface area contributed by atoms with E-state index in [-0.39, 0.29) is 16.7 Å². The molecule has 2 N–H and O–H groups in total. The molecule has 5 heteroatoms. The van der Waals surface area contributed by atoms with Gasteiger partial charge < -0.3 is 10.6 Å². The Morgan fingerprint density at radius 2 is 1.94 bits per heavy atom. The van der Waals surface area contributed by atoms with Crippen LogP contribution < -0.4 is 10.6 Å². The van der Waals surface area contributed by atoms with Gasteiger partial charge in [-0.05, 0) is 27.7 Å². The molecule has 0 heterocycles. The maximum atomic E-state index is 11.4. The maximum Gasteiger partial charge on any atom is 0.221 e. The van der Waals surface area contributed by atoms with Crippen molar-refractivity contribution in [2.45, 2.75) is 44.9 Å². The first-order chi connectivity index (χ1) is 7.22. The standard InChI is InChI=1S/C11H24N2O2S/c1-9(16(5)15)8-12-10(14)6-7-13-11(2,3)4/h9,13H,6-8H2,1-5H3,(H,12,14). The Kier molecular flexibility index (Phi) is 6.83. The largest absolute Gasteiger partial charge is 0.355 e. The highest BCUT2D eigenvalue weighted by Gasteiger charge is 2.11. The molecule has 2 unspecified atom stereocenters. The van der Waals surface area contributed by atoms with Crippen LogP contribution >= 0.6 is 0 Å². The van der Waals surface area contributed by atoms with Gasteiger partial charge in [-0.2, -0.15) is 0 Å². The number of amides is 1. The van der Waals surface area contributed by atoms with Gasteiger partial charge in [-0.15, -0.1) is 0 Å². The van der Waals surface area contributed by atoms with Crippen molar-refractivity contribution < 1.29 is 9.00 Å². The third-order valence-corrected chi connectivity index (χ3v) is 3.46. The van der Waals surface area contributed by atoms with Crippen LogP contribution in [-0.4, -0.2) is 40.3 Å². The Morgan fingerprint density at radius 1 is 1.38 bits per heavy atom. The van der Waals surface area contributed by atoms with Gasteiger partial charge in [0.05, 0.1) is 0 Å². The fourth-order valence-corrected chi connectivity index (χ4v) is 1.33. The van der Waals surface area contributed by atoms with E-state index in [0.29, 0.717) is 19.5 Å². The van der Waals surface area contributed by atoms with Crippen molar-refractivity contribution in [2.24, 2.45) is 0 Å². The summed E-state index contributed by atoms with van der Waals surface area (Å²) in [5.74, 6) is 0.00838. The summed E-state index contributed by atoms with van der Waals surface area (Å²) < 4.78 is 11.0. The lowest BCUT2D eigenvalue weighted by Crippen LogP contribution is -2.39. The normalized spacial score (nSPS) is 15.6. The minimum atomic E-state index is -0.877. The molecule has 0 aliphatic carbocycles. The molecule has 0 bridgehead atoms. The first kappa shape index (κ1) is 15.6. The summed E-state index contributed by atoms with van der Waals surface area (Å²) in [6, 6.07) is 0. The molecule has 0 saturated carbocycles. The summed E-state index contributed by atoms with van der Waals surface area (Å²) in [4.78, 5) is 11.4. The van der Waals surface area contributed by atoms with Crippen LogP contribution in [0, 0.1) is 0 Å². The third-order valence-electron chi connectivity index (χ3n) is 2.16. The van der Waals surface area contributed by atoms with Gasteiger partial charge in [-0.3, -0.25) is 9.00 Å². The van der Waals surface area contributed by atoms with E-state index in [9.17, 15) is 9.00 Å². The van der Waals surface area contributed by atoms with Crippen LogP contribution in [-0.2, 0) is 15.6 Å². The van der Waals surface area contributed by atoms with Gasteiger partial charge in [-0.1, -0.05) is 0 Å². The van der Waals surface area contributed by atoms with Crippen LogP contribution in [0.1, 0.15) is 34.1 Å². The number of hydrogen-bond donors (Lipinski definition) is 2. The Labute approximate surface area is 101 Å². The second kappa shape index (κ2) is 7.01. The van der Waals surface area contributed by atoms with Crippen molar-refractivity contribution in [1.29, 1.82) is 0 Å². The molecular formula is C11H24N2O2S. The summed E-state index contributed by atoms with van der Waals surface area (Å²) in [7, 11) is -0.877. The molecule has 0 radical (unpaired) electrons. The Bertz CT molecular complexity index is 249. The molecule has 0 saturated heterocycles. The topological polar surface area (TPSA) is 58.2 Å². The van der Waals surface area contributed by atoms with Crippen molar-refractivity contribution in [3.63, 3.8) is 0 Å². The lowest BCUT2D eigenvalue weighted by atomic mass is 10.1. The average Bonchev–Trinajstić information content (AvgIpc) is 2.11. The summed E-state index contributed by atoms with van der Waals surface area (Å²) in [6.45, 7) is 9.20. The van der Waals surface area contributed by atoms with Crippen LogP contribution in [0.5, 0.6) is 0 Å². The molecule has 16 heavy (non-hydrogen) atoms. The van der Waals surface area contributed by atoms with Crippen molar-refractivity contribution >= 4 is 16.7 Å². The van der Waals surface area contributed by atoms with Crippen molar-refractivity contribution in [3.05, 3.63) is 0 Å². The highest BCUT2D eigenvalue weighted by molar-refractivity contribution is 7.84. The van der Waals surface area contributed by atoms with Gasteiger partial charge in [0, 0.05) is 47.4 Å². The molecule has 0 spiro atoms. The third kappa shape index (κ3) is 8.85. The minimum Gasteiger partial charge on any atom is -0.355 e. The molecule has 4 nitrogen and oxygen atoms in total. The van der Waals surface area contributed by atoms with E-state index in [1.807, 2.05) is 6.92 Å². The molecular weight excluding hydrogens is 224 g/mol. The van der Waals surface area contributed by atoms with Crippen molar-refractivity contribution in [3.8, 4) is 0 Å². The smallest absolute Gasteiger partial charge is 0.221 e. The molecule has 2 atom stereocenters. The first-order valence-corrected chi connectivity index (χ1v) is 7.18. The first-order valence-electron chi connectivity index (χ1n) is 5.56. The van der Waals surface area contributed by atoms with E-state index in [1.54, 1.807) is 6.26 Å². The zero-order chi connectivity index (χ0) is 12.8. The molecule has 0 aromatic heterocycles. The molecule has 0 aromatic carbocycles. The van der Waals surface area contributed by atoms with Crippen LogP contribution in [0.2, 0.25) is 0 Å². The van der Waals surface area contributed by atoms with Gasteiger partial charge >= 0.3 is 0 Å². The Hall–Kier alpha value is -0.420. The van der Waals surface area contributed by atoms with E-state index >= 15 is 0 Å². The van der Waals surface area contributed by atoms with Gasteiger partial charge in [0.2, 0.25) is 5.91 Å². The second-order valence-corrected chi connectivity index (χ2v) is 6.84. The van der Waals surface area contributed by atoms with E-state index in [0.717, 1.165) is 0 Å². The van der Waals surface area contributed by atoms with Crippen molar-refractivity contribution in [1.82, 2.24) is 10.6 Å². The molecule has 1 amide bonds. The van der Waals surface area contributed by atoms with Crippen molar-refractivity contribution in [2.75, 3.05) is 19.3 Å². The van der Waals surface area contributed by atoms with Gasteiger partial charge in [0.25, 0.3) is 0 Å². The predicted octanol–water partition coefficient (Wildman–Crippen LogP) is 0.648. The molecule has 0 aliphatic heterocycles. The summed E-state index contributed by atoms with van der Waals surface area (Å²) >= 11 is 0. The van der Waals surface area contributed by atoms with Crippen LogP contribution in [0.25, 0.3) is 0 Å².